The number of carbonyl (C=O) groups excluding carboxylic acids is 1. The van der Waals surface area contributed by atoms with E-state index in [1.165, 1.54) is 5.56 Å². The van der Waals surface area contributed by atoms with Crippen LogP contribution in [-0.4, -0.2) is 22.0 Å². The smallest absolute Gasteiger partial charge is 0.226 e. The van der Waals surface area contributed by atoms with Gasteiger partial charge in [0, 0.05) is 22.5 Å². The lowest BCUT2D eigenvalue weighted by atomic mass is 9.65. The number of nitrogens with one attached hydrogen (secondary N) is 2. The SMILES string of the molecule is CC1(C)C[C@]2(O)c3cccc4[nH]cc(c34)C[C@H]2NC1=O. The van der Waals surface area contributed by atoms with E-state index in [4.69, 9.17) is 0 Å². The highest BCUT2D eigenvalue weighted by Crippen LogP contribution is 2.48. The van der Waals surface area contributed by atoms with Crippen molar-refractivity contribution in [2.75, 3.05) is 0 Å². The van der Waals surface area contributed by atoms with Crippen LogP contribution in [0.25, 0.3) is 10.9 Å². The molecular formula is C16H18N2O2. The number of piperidine rings is 1. The maximum Gasteiger partial charge on any atom is 0.226 e. The highest BCUT2D eigenvalue weighted by Gasteiger charge is 2.53. The molecule has 0 spiro atoms. The van der Waals surface area contributed by atoms with Gasteiger partial charge in [-0.2, -0.15) is 0 Å². The summed E-state index contributed by atoms with van der Waals surface area (Å²) in [6.45, 7) is 3.78. The lowest BCUT2D eigenvalue weighted by Crippen LogP contribution is -2.62. The van der Waals surface area contributed by atoms with Gasteiger partial charge in [-0.3, -0.25) is 4.79 Å². The van der Waals surface area contributed by atoms with Crippen molar-refractivity contribution in [1.29, 1.82) is 0 Å². The molecular weight excluding hydrogens is 252 g/mol. The van der Waals surface area contributed by atoms with Gasteiger partial charge in [-0.05, 0) is 30.0 Å². The van der Waals surface area contributed by atoms with Crippen LogP contribution in [0.2, 0.25) is 0 Å². The topological polar surface area (TPSA) is 65.1 Å². The molecule has 4 heteroatoms. The Morgan fingerprint density at radius 3 is 2.95 bits per heavy atom. The van der Waals surface area contributed by atoms with Crippen molar-refractivity contribution >= 4 is 16.8 Å². The van der Waals surface area contributed by atoms with Crippen molar-refractivity contribution < 1.29 is 9.90 Å². The van der Waals surface area contributed by atoms with Crippen LogP contribution in [0, 0.1) is 5.41 Å². The summed E-state index contributed by atoms with van der Waals surface area (Å²) in [5, 5.41) is 15.4. The summed E-state index contributed by atoms with van der Waals surface area (Å²) in [4.78, 5) is 15.4. The Morgan fingerprint density at radius 2 is 2.15 bits per heavy atom. The fourth-order valence-electron chi connectivity index (χ4n) is 3.85. The number of amides is 1. The molecule has 20 heavy (non-hydrogen) atoms. The molecule has 1 fully saturated rings. The van der Waals surface area contributed by atoms with E-state index in [1.807, 2.05) is 38.2 Å². The Bertz CT molecular complexity index is 731. The maximum atomic E-state index is 12.2. The Balaban J connectivity index is 1.97. The van der Waals surface area contributed by atoms with Gasteiger partial charge >= 0.3 is 0 Å². The van der Waals surface area contributed by atoms with Crippen molar-refractivity contribution in [2.45, 2.75) is 38.3 Å². The maximum absolute atomic E-state index is 12.2. The summed E-state index contributed by atoms with van der Waals surface area (Å²) in [5.41, 5.74) is 1.63. The summed E-state index contributed by atoms with van der Waals surface area (Å²) in [6.07, 6.45) is 3.12. The summed E-state index contributed by atoms with van der Waals surface area (Å²) in [6, 6.07) is 5.73. The van der Waals surface area contributed by atoms with Gasteiger partial charge in [-0.25, -0.2) is 0 Å². The zero-order chi connectivity index (χ0) is 14.1. The van der Waals surface area contributed by atoms with Crippen LogP contribution in [-0.2, 0) is 16.8 Å². The molecule has 1 aliphatic carbocycles. The number of carbonyl (C=O) groups is 1. The van der Waals surface area contributed by atoms with Crippen molar-refractivity contribution in [3.63, 3.8) is 0 Å². The molecule has 0 bridgehead atoms. The largest absolute Gasteiger partial charge is 0.383 e. The van der Waals surface area contributed by atoms with E-state index in [1.54, 1.807) is 0 Å². The van der Waals surface area contributed by atoms with E-state index >= 15 is 0 Å². The lowest BCUT2D eigenvalue weighted by molar-refractivity contribution is -0.147. The van der Waals surface area contributed by atoms with E-state index < -0.39 is 11.0 Å². The summed E-state index contributed by atoms with van der Waals surface area (Å²) < 4.78 is 0. The van der Waals surface area contributed by atoms with Crippen molar-refractivity contribution in [3.8, 4) is 0 Å². The Hall–Kier alpha value is -1.81. The third-order valence-electron chi connectivity index (χ3n) is 4.89. The average Bonchev–Trinajstić information content (AvgIpc) is 2.78. The molecule has 104 valence electrons. The first-order chi connectivity index (χ1) is 9.42. The van der Waals surface area contributed by atoms with E-state index in [0.717, 1.165) is 16.5 Å². The molecule has 4 nitrogen and oxygen atoms in total. The van der Waals surface area contributed by atoms with E-state index in [-0.39, 0.29) is 11.9 Å². The molecule has 2 heterocycles. The summed E-state index contributed by atoms with van der Waals surface area (Å²) in [5.74, 6) is 0.0262. The van der Waals surface area contributed by atoms with Gasteiger partial charge < -0.3 is 15.4 Å². The minimum atomic E-state index is -0.980. The average molecular weight is 270 g/mol. The predicted molar refractivity (Wildman–Crippen MR) is 76.2 cm³/mol. The second-order valence-electron chi connectivity index (χ2n) is 6.76. The standard InChI is InChI=1S/C16H18N2O2/c1-15(2)8-16(20)10-4-3-5-11-13(10)9(7-17-11)6-12(16)18-14(15)19/h3-5,7,12,17,20H,6,8H2,1-2H3,(H,18,19)/t12-,16+/m1/s1. The highest BCUT2D eigenvalue weighted by atomic mass is 16.3. The minimum Gasteiger partial charge on any atom is -0.383 e. The second kappa shape index (κ2) is 3.44. The van der Waals surface area contributed by atoms with Gasteiger partial charge in [0.2, 0.25) is 5.91 Å². The van der Waals surface area contributed by atoms with Crippen LogP contribution in [0.3, 0.4) is 0 Å². The van der Waals surface area contributed by atoms with Gasteiger partial charge in [0.1, 0.15) is 5.60 Å². The third kappa shape index (κ3) is 1.32. The number of aliphatic hydroxyl groups is 1. The van der Waals surface area contributed by atoms with Crippen LogP contribution in [0.15, 0.2) is 24.4 Å². The van der Waals surface area contributed by atoms with E-state index in [0.29, 0.717) is 12.8 Å². The molecule has 2 atom stereocenters. The molecule has 3 N–H and O–H groups in total. The van der Waals surface area contributed by atoms with Crippen molar-refractivity contribution in [2.24, 2.45) is 5.41 Å². The first-order valence-corrected chi connectivity index (χ1v) is 7.05. The van der Waals surface area contributed by atoms with Gasteiger partial charge in [-0.15, -0.1) is 0 Å². The van der Waals surface area contributed by atoms with Crippen LogP contribution in [0.5, 0.6) is 0 Å². The van der Waals surface area contributed by atoms with Crippen LogP contribution >= 0.6 is 0 Å². The number of rotatable bonds is 0. The van der Waals surface area contributed by atoms with Gasteiger partial charge in [0.05, 0.1) is 6.04 Å². The molecule has 1 aromatic carbocycles. The number of aromatic amines is 1. The molecule has 2 aliphatic rings. The highest BCUT2D eigenvalue weighted by molar-refractivity contribution is 5.90. The Labute approximate surface area is 117 Å². The number of hydrogen-bond acceptors (Lipinski definition) is 2. The Morgan fingerprint density at radius 1 is 1.35 bits per heavy atom. The van der Waals surface area contributed by atoms with Gasteiger partial charge in [-0.1, -0.05) is 26.0 Å². The lowest BCUT2D eigenvalue weighted by Gasteiger charge is -2.49. The monoisotopic (exact) mass is 270 g/mol. The first-order valence-electron chi connectivity index (χ1n) is 7.05. The molecule has 1 amide bonds. The fraction of sp³-hybridized carbons (Fsp3) is 0.438. The number of fused-ring (bicyclic) bond motifs is 2. The molecule has 1 aliphatic heterocycles. The van der Waals surface area contributed by atoms with Crippen LogP contribution in [0.1, 0.15) is 31.4 Å². The predicted octanol–water partition coefficient (Wildman–Crippen LogP) is 1.83. The van der Waals surface area contributed by atoms with Crippen molar-refractivity contribution in [3.05, 3.63) is 35.5 Å². The second-order valence-corrected chi connectivity index (χ2v) is 6.76. The molecule has 0 saturated carbocycles. The van der Waals surface area contributed by atoms with Crippen molar-refractivity contribution in [1.82, 2.24) is 10.3 Å². The Kier molecular flexibility index (Phi) is 2.06. The van der Waals surface area contributed by atoms with Gasteiger partial charge in [0.25, 0.3) is 0 Å². The first kappa shape index (κ1) is 12.0. The zero-order valence-electron chi connectivity index (χ0n) is 11.7. The third-order valence-corrected chi connectivity index (χ3v) is 4.89. The van der Waals surface area contributed by atoms with E-state index in [2.05, 4.69) is 10.3 Å². The normalized spacial score (nSPS) is 30.9. The van der Waals surface area contributed by atoms with Crippen LogP contribution < -0.4 is 5.32 Å². The molecule has 1 aromatic heterocycles. The zero-order valence-corrected chi connectivity index (χ0v) is 11.7. The molecule has 1 saturated heterocycles. The molecule has 4 rings (SSSR count). The number of H-pyrrole nitrogens is 1. The molecule has 2 aromatic rings. The van der Waals surface area contributed by atoms with Crippen LogP contribution in [0.4, 0.5) is 0 Å². The van der Waals surface area contributed by atoms with Gasteiger partial charge in [0.15, 0.2) is 0 Å². The number of aromatic nitrogens is 1. The summed E-state index contributed by atoms with van der Waals surface area (Å²) in [7, 11) is 0. The van der Waals surface area contributed by atoms with E-state index in [9.17, 15) is 9.90 Å². The quantitative estimate of drug-likeness (QED) is 0.683. The number of hydrogen-bond donors (Lipinski definition) is 3. The minimum absolute atomic E-state index is 0.0262. The molecule has 0 radical (unpaired) electrons. The summed E-state index contributed by atoms with van der Waals surface area (Å²) >= 11 is 0. The number of benzene rings is 1. The molecule has 0 unspecified atom stereocenters. The fourth-order valence-corrected chi connectivity index (χ4v) is 3.85.